The highest BCUT2D eigenvalue weighted by Crippen LogP contribution is 2.11. The van der Waals surface area contributed by atoms with Crippen LogP contribution in [0.2, 0.25) is 0 Å². The summed E-state index contributed by atoms with van der Waals surface area (Å²) in [6.07, 6.45) is 0.00424. The molecule has 0 unspecified atom stereocenters. The van der Waals surface area contributed by atoms with Crippen LogP contribution in [0.3, 0.4) is 0 Å². The topological polar surface area (TPSA) is 130 Å². The number of sulfone groups is 1. The summed E-state index contributed by atoms with van der Waals surface area (Å²) in [5, 5.41) is 13.2. The minimum absolute atomic E-state index is 0.00424. The van der Waals surface area contributed by atoms with Gasteiger partial charge in [0.05, 0.1) is 12.2 Å². The Morgan fingerprint density at radius 1 is 1.08 bits per heavy atom. The Labute approximate surface area is 146 Å². The number of carbonyl (C=O) groups is 3. The van der Waals surface area contributed by atoms with Crippen LogP contribution in [0.4, 0.5) is 5.69 Å². The molecule has 0 spiro atoms. The van der Waals surface area contributed by atoms with Crippen LogP contribution in [-0.4, -0.2) is 49.4 Å². The molecule has 0 aliphatic rings. The molecule has 0 atom stereocenters. The first kappa shape index (κ1) is 20.6. The van der Waals surface area contributed by atoms with Crippen LogP contribution < -0.4 is 10.6 Å². The standard InChI is InChI=1S/C16H22N2O6S/c1-11(2)9-25(23,24)10-15(20)18-13-5-3-12(4-6-13)7-14(19)17-8-16(21)22/h3-6,11H,7-10H2,1-2H3,(H,17,19)(H,18,20)(H,21,22). The molecule has 1 aromatic carbocycles. The van der Waals surface area contributed by atoms with Crippen LogP contribution >= 0.6 is 0 Å². The first-order chi connectivity index (χ1) is 11.6. The van der Waals surface area contributed by atoms with E-state index in [1.54, 1.807) is 38.1 Å². The molecule has 0 saturated carbocycles. The molecule has 25 heavy (non-hydrogen) atoms. The van der Waals surface area contributed by atoms with E-state index in [1.165, 1.54) is 0 Å². The van der Waals surface area contributed by atoms with E-state index < -0.39 is 39.9 Å². The van der Waals surface area contributed by atoms with Crippen molar-refractivity contribution in [3.63, 3.8) is 0 Å². The fourth-order valence-corrected chi connectivity index (χ4v) is 3.70. The van der Waals surface area contributed by atoms with Gasteiger partial charge in [0.25, 0.3) is 0 Å². The van der Waals surface area contributed by atoms with Gasteiger partial charge in [0.2, 0.25) is 11.8 Å². The smallest absolute Gasteiger partial charge is 0.322 e. The lowest BCUT2D eigenvalue weighted by molar-refractivity contribution is -0.137. The van der Waals surface area contributed by atoms with E-state index in [0.29, 0.717) is 11.3 Å². The number of benzene rings is 1. The average Bonchev–Trinajstić information content (AvgIpc) is 2.45. The first-order valence-electron chi connectivity index (χ1n) is 7.65. The summed E-state index contributed by atoms with van der Waals surface area (Å²) < 4.78 is 23.6. The molecule has 8 nitrogen and oxygen atoms in total. The monoisotopic (exact) mass is 370 g/mol. The molecule has 0 radical (unpaired) electrons. The van der Waals surface area contributed by atoms with Crippen LogP contribution in [0.1, 0.15) is 19.4 Å². The summed E-state index contributed by atoms with van der Waals surface area (Å²) in [6, 6.07) is 6.29. The maximum atomic E-state index is 11.8. The Bertz CT molecular complexity index is 725. The fourth-order valence-electron chi connectivity index (χ4n) is 2.09. The van der Waals surface area contributed by atoms with Gasteiger partial charge in [0, 0.05) is 5.69 Å². The third-order valence-electron chi connectivity index (χ3n) is 2.98. The molecule has 1 rings (SSSR count). The number of carboxylic acid groups (broad SMARTS) is 1. The van der Waals surface area contributed by atoms with Gasteiger partial charge >= 0.3 is 5.97 Å². The van der Waals surface area contributed by atoms with Gasteiger partial charge in [-0.25, -0.2) is 8.42 Å². The maximum absolute atomic E-state index is 11.8. The van der Waals surface area contributed by atoms with Crippen molar-refractivity contribution in [1.29, 1.82) is 0 Å². The van der Waals surface area contributed by atoms with Crippen molar-refractivity contribution in [3.8, 4) is 0 Å². The van der Waals surface area contributed by atoms with Gasteiger partial charge in [-0.2, -0.15) is 0 Å². The molecule has 0 heterocycles. The zero-order valence-corrected chi connectivity index (χ0v) is 14.9. The van der Waals surface area contributed by atoms with Crippen molar-refractivity contribution >= 4 is 33.3 Å². The molecule has 0 fully saturated rings. The van der Waals surface area contributed by atoms with Gasteiger partial charge in [-0.1, -0.05) is 26.0 Å². The van der Waals surface area contributed by atoms with E-state index in [9.17, 15) is 22.8 Å². The van der Waals surface area contributed by atoms with E-state index in [-0.39, 0.29) is 18.1 Å². The van der Waals surface area contributed by atoms with Gasteiger partial charge in [0.15, 0.2) is 9.84 Å². The van der Waals surface area contributed by atoms with Gasteiger partial charge in [-0.05, 0) is 23.6 Å². The average molecular weight is 370 g/mol. The Balaban J connectivity index is 2.55. The normalized spacial score (nSPS) is 11.2. The van der Waals surface area contributed by atoms with Gasteiger partial charge in [-0.3, -0.25) is 14.4 Å². The zero-order chi connectivity index (χ0) is 19.0. The second-order valence-corrected chi connectivity index (χ2v) is 8.15. The molecule has 0 saturated heterocycles. The molecular weight excluding hydrogens is 348 g/mol. The molecule has 3 N–H and O–H groups in total. The third kappa shape index (κ3) is 8.85. The quantitative estimate of drug-likeness (QED) is 0.578. The van der Waals surface area contributed by atoms with E-state index in [0.717, 1.165) is 0 Å². The Morgan fingerprint density at radius 2 is 1.68 bits per heavy atom. The summed E-state index contributed by atoms with van der Waals surface area (Å²) in [6.45, 7) is 3.08. The molecular formula is C16H22N2O6S. The number of aliphatic carboxylic acids is 1. The van der Waals surface area contributed by atoms with Crippen LogP contribution in [0.25, 0.3) is 0 Å². The van der Waals surface area contributed by atoms with Gasteiger partial charge in [-0.15, -0.1) is 0 Å². The highest BCUT2D eigenvalue weighted by atomic mass is 32.2. The van der Waals surface area contributed by atoms with Crippen LogP contribution in [0, 0.1) is 5.92 Å². The number of anilines is 1. The molecule has 0 bridgehead atoms. The highest BCUT2D eigenvalue weighted by Gasteiger charge is 2.18. The van der Waals surface area contributed by atoms with E-state index in [1.807, 2.05) is 0 Å². The van der Waals surface area contributed by atoms with Gasteiger partial charge in [0.1, 0.15) is 12.3 Å². The van der Waals surface area contributed by atoms with Crippen molar-refractivity contribution < 1.29 is 27.9 Å². The lowest BCUT2D eigenvalue weighted by atomic mass is 10.1. The Morgan fingerprint density at radius 3 is 2.20 bits per heavy atom. The summed E-state index contributed by atoms with van der Waals surface area (Å²) in [5.41, 5.74) is 1.05. The number of carbonyl (C=O) groups excluding carboxylic acids is 2. The number of nitrogens with one attached hydrogen (secondary N) is 2. The van der Waals surface area contributed by atoms with E-state index in [4.69, 9.17) is 5.11 Å². The third-order valence-corrected chi connectivity index (χ3v) is 4.85. The van der Waals surface area contributed by atoms with Crippen LogP contribution in [0.15, 0.2) is 24.3 Å². The number of hydrogen-bond donors (Lipinski definition) is 3. The Kier molecular flexibility index (Phi) is 7.56. The lowest BCUT2D eigenvalue weighted by Gasteiger charge is -2.09. The lowest BCUT2D eigenvalue weighted by Crippen LogP contribution is -2.30. The van der Waals surface area contributed by atoms with E-state index in [2.05, 4.69) is 10.6 Å². The fraction of sp³-hybridized carbons (Fsp3) is 0.438. The van der Waals surface area contributed by atoms with Crippen molar-refractivity contribution in [2.75, 3.05) is 23.4 Å². The number of amides is 2. The number of carboxylic acids is 1. The minimum atomic E-state index is -3.45. The summed E-state index contributed by atoms with van der Waals surface area (Å²) in [5.74, 6) is -2.86. The van der Waals surface area contributed by atoms with E-state index >= 15 is 0 Å². The van der Waals surface area contributed by atoms with Crippen molar-refractivity contribution in [2.45, 2.75) is 20.3 Å². The van der Waals surface area contributed by atoms with Crippen LogP contribution in [0.5, 0.6) is 0 Å². The molecule has 2 amide bonds. The highest BCUT2D eigenvalue weighted by molar-refractivity contribution is 7.92. The van der Waals surface area contributed by atoms with Crippen molar-refractivity contribution in [2.24, 2.45) is 5.92 Å². The molecule has 9 heteroatoms. The summed E-state index contributed by atoms with van der Waals surface area (Å²) >= 11 is 0. The largest absolute Gasteiger partial charge is 0.480 e. The number of hydrogen-bond acceptors (Lipinski definition) is 5. The van der Waals surface area contributed by atoms with Crippen molar-refractivity contribution in [3.05, 3.63) is 29.8 Å². The number of rotatable bonds is 9. The molecule has 138 valence electrons. The summed E-state index contributed by atoms with van der Waals surface area (Å²) in [4.78, 5) is 33.7. The second kappa shape index (κ2) is 9.16. The van der Waals surface area contributed by atoms with Gasteiger partial charge < -0.3 is 15.7 Å². The van der Waals surface area contributed by atoms with Crippen LogP contribution in [-0.2, 0) is 30.6 Å². The maximum Gasteiger partial charge on any atom is 0.322 e. The molecule has 0 aliphatic heterocycles. The zero-order valence-electron chi connectivity index (χ0n) is 14.1. The molecule has 0 aromatic heterocycles. The molecule has 1 aromatic rings. The predicted octanol–water partition coefficient (Wildman–Crippen LogP) is 0.439. The molecule has 0 aliphatic carbocycles. The minimum Gasteiger partial charge on any atom is -0.480 e. The summed E-state index contributed by atoms with van der Waals surface area (Å²) in [7, 11) is -3.45. The van der Waals surface area contributed by atoms with Crippen molar-refractivity contribution in [1.82, 2.24) is 5.32 Å². The predicted molar refractivity (Wildman–Crippen MR) is 92.9 cm³/mol. The second-order valence-electron chi connectivity index (χ2n) is 6.04. The Hall–Kier alpha value is -2.42. The SMILES string of the molecule is CC(C)CS(=O)(=O)CC(=O)Nc1ccc(CC(=O)NCC(=O)O)cc1. The first-order valence-corrected chi connectivity index (χ1v) is 9.47.